The van der Waals surface area contributed by atoms with E-state index in [0.717, 1.165) is 24.5 Å². The summed E-state index contributed by atoms with van der Waals surface area (Å²) in [6.07, 6.45) is 0. The second-order valence-electron chi connectivity index (χ2n) is 5.56. The first-order valence-corrected chi connectivity index (χ1v) is 9.20. The summed E-state index contributed by atoms with van der Waals surface area (Å²) in [6.45, 7) is 4.73. The van der Waals surface area contributed by atoms with Crippen molar-refractivity contribution in [1.29, 1.82) is 0 Å². The highest BCUT2D eigenvalue weighted by Crippen LogP contribution is 2.24. The standard InChI is InChI=1S/C16H20N4O3S/c1-12-3-4-13(11-15(12)24(21,22)17-2)14-5-6-16(19-18-14)20-7-9-23-10-8-20/h3-6,11,17H,7-10H2,1-2H3. The Bertz CT molecular complexity index is 816. The molecule has 1 saturated heterocycles. The first-order chi connectivity index (χ1) is 11.5. The van der Waals surface area contributed by atoms with Gasteiger partial charge in [0.05, 0.1) is 23.8 Å². The largest absolute Gasteiger partial charge is 0.378 e. The molecule has 128 valence electrons. The second kappa shape index (κ2) is 6.84. The molecule has 2 heterocycles. The van der Waals surface area contributed by atoms with Crippen LogP contribution in [0.15, 0.2) is 35.2 Å². The average Bonchev–Trinajstić information content (AvgIpc) is 2.63. The lowest BCUT2D eigenvalue weighted by atomic mass is 10.1. The van der Waals surface area contributed by atoms with Crippen molar-refractivity contribution in [2.24, 2.45) is 0 Å². The third-order valence-electron chi connectivity index (χ3n) is 4.03. The number of morpholine rings is 1. The van der Waals surface area contributed by atoms with Crippen LogP contribution in [0.25, 0.3) is 11.3 Å². The lowest BCUT2D eigenvalue weighted by Crippen LogP contribution is -2.36. The zero-order chi connectivity index (χ0) is 17.2. The lowest BCUT2D eigenvalue weighted by molar-refractivity contribution is 0.122. The van der Waals surface area contributed by atoms with Gasteiger partial charge in [-0.05, 0) is 37.7 Å². The molecule has 8 heteroatoms. The molecule has 0 atom stereocenters. The van der Waals surface area contributed by atoms with Crippen LogP contribution < -0.4 is 9.62 Å². The first kappa shape index (κ1) is 16.8. The zero-order valence-corrected chi connectivity index (χ0v) is 14.5. The maximum absolute atomic E-state index is 12.1. The number of hydrogen-bond acceptors (Lipinski definition) is 6. The molecule has 24 heavy (non-hydrogen) atoms. The Morgan fingerprint density at radius 2 is 1.88 bits per heavy atom. The molecular weight excluding hydrogens is 328 g/mol. The molecule has 0 spiro atoms. The van der Waals surface area contributed by atoms with E-state index in [0.29, 0.717) is 24.5 Å². The number of benzene rings is 1. The number of nitrogens with one attached hydrogen (secondary N) is 1. The van der Waals surface area contributed by atoms with Gasteiger partial charge in [0.15, 0.2) is 5.82 Å². The highest BCUT2D eigenvalue weighted by atomic mass is 32.2. The molecule has 7 nitrogen and oxygen atoms in total. The fourth-order valence-corrected chi connectivity index (χ4v) is 3.59. The van der Waals surface area contributed by atoms with Crippen molar-refractivity contribution in [3.63, 3.8) is 0 Å². The molecular formula is C16H20N4O3S. The third-order valence-corrected chi connectivity index (χ3v) is 5.58. The molecule has 1 aliphatic rings. The van der Waals surface area contributed by atoms with Gasteiger partial charge in [-0.15, -0.1) is 10.2 Å². The molecule has 1 aromatic heterocycles. The van der Waals surface area contributed by atoms with Crippen molar-refractivity contribution in [2.75, 3.05) is 38.3 Å². The van der Waals surface area contributed by atoms with Gasteiger partial charge in [-0.25, -0.2) is 13.1 Å². The van der Waals surface area contributed by atoms with Crippen molar-refractivity contribution in [1.82, 2.24) is 14.9 Å². The van der Waals surface area contributed by atoms with Crippen LogP contribution in [0.2, 0.25) is 0 Å². The third kappa shape index (κ3) is 3.40. The summed E-state index contributed by atoms with van der Waals surface area (Å²) < 4.78 is 31.9. The monoisotopic (exact) mass is 348 g/mol. The van der Waals surface area contributed by atoms with E-state index in [1.807, 2.05) is 18.2 Å². The van der Waals surface area contributed by atoms with Gasteiger partial charge in [0.25, 0.3) is 0 Å². The van der Waals surface area contributed by atoms with Gasteiger partial charge in [-0.1, -0.05) is 12.1 Å². The SMILES string of the molecule is CNS(=O)(=O)c1cc(-c2ccc(N3CCOCC3)nn2)ccc1C. The van der Waals surface area contributed by atoms with E-state index in [-0.39, 0.29) is 4.90 Å². The van der Waals surface area contributed by atoms with Crippen molar-refractivity contribution >= 4 is 15.8 Å². The molecule has 0 unspecified atom stereocenters. The smallest absolute Gasteiger partial charge is 0.240 e. The van der Waals surface area contributed by atoms with E-state index in [1.165, 1.54) is 7.05 Å². The van der Waals surface area contributed by atoms with Crippen LogP contribution in [0.1, 0.15) is 5.56 Å². The van der Waals surface area contributed by atoms with Crippen LogP contribution in [-0.4, -0.2) is 52.0 Å². The summed E-state index contributed by atoms with van der Waals surface area (Å²) in [5.41, 5.74) is 2.04. The van der Waals surface area contributed by atoms with Crippen molar-refractivity contribution < 1.29 is 13.2 Å². The van der Waals surface area contributed by atoms with Gasteiger partial charge >= 0.3 is 0 Å². The van der Waals surface area contributed by atoms with E-state index in [1.54, 1.807) is 19.1 Å². The molecule has 0 bridgehead atoms. The minimum Gasteiger partial charge on any atom is -0.378 e. The van der Waals surface area contributed by atoms with Crippen LogP contribution >= 0.6 is 0 Å². The fourth-order valence-electron chi connectivity index (χ4n) is 2.60. The molecule has 1 N–H and O–H groups in total. The van der Waals surface area contributed by atoms with Gasteiger partial charge in [-0.2, -0.15) is 0 Å². The Balaban J connectivity index is 1.90. The number of nitrogens with zero attached hydrogens (tertiary/aromatic N) is 3. The number of rotatable bonds is 4. The Morgan fingerprint density at radius 1 is 1.12 bits per heavy atom. The number of anilines is 1. The van der Waals surface area contributed by atoms with Gasteiger partial charge in [0, 0.05) is 18.7 Å². The quantitative estimate of drug-likeness (QED) is 0.894. The van der Waals surface area contributed by atoms with Crippen LogP contribution in [0.3, 0.4) is 0 Å². The Kier molecular flexibility index (Phi) is 4.79. The van der Waals surface area contributed by atoms with E-state index in [4.69, 9.17) is 4.74 Å². The summed E-state index contributed by atoms with van der Waals surface area (Å²) in [6, 6.07) is 9.01. The summed E-state index contributed by atoms with van der Waals surface area (Å²) in [5, 5.41) is 8.52. The summed E-state index contributed by atoms with van der Waals surface area (Å²) in [7, 11) is -2.10. The minimum absolute atomic E-state index is 0.251. The molecule has 0 amide bonds. The zero-order valence-electron chi connectivity index (χ0n) is 13.7. The molecule has 0 aliphatic carbocycles. The van der Waals surface area contributed by atoms with Crippen molar-refractivity contribution in [2.45, 2.75) is 11.8 Å². The molecule has 0 radical (unpaired) electrons. The van der Waals surface area contributed by atoms with Gasteiger partial charge in [0.1, 0.15) is 0 Å². The molecule has 1 fully saturated rings. The Morgan fingerprint density at radius 3 is 2.50 bits per heavy atom. The highest BCUT2D eigenvalue weighted by Gasteiger charge is 2.17. The summed E-state index contributed by atoms with van der Waals surface area (Å²) in [4.78, 5) is 2.37. The lowest BCUT2D eigenvalue weighted by Gasteiger charge is -2.27. The molecule has 2 aromatic rings. The van der Waals surface area contributed by atoms with Crippen molar-refractivity contribution in [3.8, 4) is 11.3 Å². The first-order valence-electron chi connectivity index (χ1n) is 7.72. The molecule has 3 rings (SSSR count). The average molecular weight is 348 g/mol. The molecule has 1 aliphatic heterocycles. The number of sulfonamides is 1. The van der Waals surface area contributed by atoms with Crippen LogP contribution in [0.5, 0.6) is 0 Å². The van der Waals surface area contributed by atoms with Crippen LogP contribution in [-0.2, 0) is 14.8 Å². The molecule has 1 aromatic carbocycles. The fraction of sp³-hybridized carbons (Fsp3) is 0.375. The van der Waals surface area contributed by atoms with Crippen LogP contribution in [0, 0.1) is 6.92 Å². The van der Waals surface area contributed by atoms with Gasteiger partial charge in [0.2, 0.25) is 10.0 Å². The summed E-state index contributed by atoms with van der Waals surface area (Å²) >= 11 is 0. The predicted molar refractivity (Wildman–Crippen MR) is 91.5 cm³/mol. The van der Waals surface area contributed by atoms with Gasteiger partial charge < -0.3 is 9.64 Å². The number of ether oxygens (including phenoxy) is 1. The normalized spacial score (nSPS) is 15.5. The minimum atomic E-state index is -3.50. The summed E-state index contributed by atoms with van der Waals surface area (Å²) in [5.74, 6) is 0.803. The van der Waals surface area contributed by atoms with E-state index >= 15 is 0 Å². The van der Waals surface area contributed by atoms with E-state index in [9.17, 15) is 8.42 Å². The number of hydrogen-bond donors (Lipinski definition) is 1. The number of aromatic nitrogens is 2. The van der Waals surface area contributed by atoms with Crippen molar-refractivity contribution in [3.05, 3.63) is 35.9 Å². The number of aryl methyl sites for hydroxylation is 1. The van der Waals surface area contributed by atoms with Crippen LogP contribution in [0.4, 0.5) is 5.82 Å². The Hall–Kier alpha value is -2.03. The molecule has 0 saturated carbocycles. The maximum Gasteiger partial charge on any atom is 0.240 e. The van der Waals surface area contributed by atoms with E-state index in [2.05, 4.69) is 19.8 Å². The van der Waals surface area contributed by atoms with E-state index < -0.39 is 10.0 Å². The van der Waals surface area contributed by atoms with Gasteiger partial charge in [-0.3, -0.25) is 0 Å². The topological polar surface area (TPSA) is 84.4 Å². The maximum atomic E-state index is 12.1. The highest BCUT2D eigenvalue weighted by molar-refractivity contribution is 7.89. The predicted octanol–water partition coefficient (Wildman–Crippen LogP) is 1.20. The second-order valence-corrected chi connectivity index (χ2v) is 7.42. The Labute approximate surface area is 141 Å².